The number of aliphatic carboxylic acids is 1. The molecule has 43 heavy (non-hydrogen) atoms. The van der Waals surface area contributed by atoms with Crippen LogP contribution in [0.15, 0.2) is 83.8 Å². The Morgan fingerprint density at radius 2 is 1.58 bits per heavy atom. The van der Waals surface area contributed by atoms with Crippen molar-refractivity contribution in [2.75, 3.05) is 19.6 Å². The van der Waals surface area contributed by atoms with Gasteiger partial charge >= 0.3 is 5.97 Å². The minimum atomic E-state index is -1.28. The van der Waals surface area contributed by atoms with Crippen LogP contribution in [0.1, 0.15) is 49.5 Å². The molecule has 3 aromatic carbocycles. The summed E-state index contributed by atoms with van der Waals surface area (Å²) in [7, 11) is 0. The van der Waals surface area contributed by atoms with Crippen molar-refractivity contribution in [2.24, 2.45) is 0 Å². The van der Waals surface area contributed by atoms with E-state index in [2.05, 4.69) is 0 Å². The van der Waals surface area contributed by atoms with E-state index in [1.165, 1.54) is 6.08 Å². The molecule has 0 bridgehead atoms. The monoisotopic (exact) mass is 602 g/mol. The molecule has 3 amide bonds. The Labute approximate surface area is 255 Å². The molecule has 1 fully saturated rings. The van der Waals surface area contributed by atoms with E-state index in [0.29, 0.717) is 46.6 Å². The number of carboxylic acid groups (broad SMARTS) is 1. The molecule has 1 N–H and O–H groups in total. The molecule has 10 heteroatoms. The predicted octanol–water partition coefficient (Wildman–Crippen LogP) is 6.16. The number of hydrogen-bond acceptors (Lipinski definition) is 7. The van der Waals surface area contributed by atoms with E-state index < -0.39 is 29.8 Å². The van der Waals surface area contributed by atoms with Gasteiger partial charge in [0.05, 0.1) is 4.91 Å². The van der Waals surface area contributed by atoms with Gasteiger partial charge in [-0.3, -0.25) is 24.1 Å². The molecule has 3 aromatic rings. The number of imide groups is 1. The van der Waals surface area contributed by atoms with Crippen molar-refractivity contribution in [3.05, 3.63) is 100 Å². The van der Waals surface area contributed by atoms with Gasteiger partial charge in [-0.15, -0.1) is 0 Å². The van der Waals surface area contributed by atoms with E-state index in [1.807, 2.05) is 74.5 Å². The average molecular weight is 603 g/mol. The Balaban J connectivity index is 1.72. The Morgan fingerprint density at radius 3 is 2.21 bits per heavy atom. The molecule has 4 rings (SSSR count). The molecule has 0 saturated carbocycles. The van der Waals surface area contributed by atoms with Gasteiger partial charge in [0.2, 0.25) is 6.10 Å². The van der Waals surface area contributed by atoms with Gasteiger partial charge < -0.3 is 19.5 Å². The molecule has 1 aliphatic rings. The van der Waals surface area contributed by atoms with Gasteiger partial charge in [0, 0.05) is 18.7 Å². The van der Waals surface area contributed by atoms with Crippen LogP contribution in [0.4, 0.5) is 4.79 Å². The molecule has 9 nitrogen and oxygen atoms in total. The zero-order valence-electron chi connectivity index (χ0n) is 24.1. The third-order valence-corrected chi connectivity index (χ3v) is 7.45. The van der Waals surface area contributed by atoms with Crippen LogP contribution >= 0.6 is 11.8 Å². The first kappa shape index (κ1) is 31.4. The summed E-state index contributed by atoms with van der Waals surface area (Å²) in [5.41, 5.74) is 2.14. The minimum absolute atomic E-state index is 0.0860. The average Bonchev–Trinajstić information content (AvgIpc) is 3.26. The maximum atomic E-state index is 13.9. The van der Waals surface area contributed by atoms with Crippen molar-refractivity contribution in [2.45, 2.75) is 39.4 Å². The Morgan fingerprint density at radius 1 is 0.930 bits per heavy atom. The summed E-state index contributed by atoms with van der Waals surface area (Å²) in [5, 5.41) is 8.42. The standard InChI is InChI=1S/C33H34N2O7S/c1-3-17-34(18-4-2)32(39)30(25-13-9-6-10-14-25)42-27-19-24(15-16-26(27)41-22-23-11-7-5-8-12-23)20-28-31(38)35(21-29(36)37)33(40)43-28/h5-16,19-20,30H,3-4,17-18,21-22H2,1-2H3,(H,36,37)/b28-20-. The molecule has 1 aliphatic heterocycles. The molecule has 1 atom stereocenters. The lowest BCUT2D eigenvalue weighted by Gasteiger charge is -2.28. The van der Waals surface area contributed by atoms with Crippen LogP contribution in [0.25, 0.3) is 6.08 Å². The van der Waals surface area contributed by atoms with Crippen molar-refractivity contribution in [3.8, 4) is 11.5 Å². The third-order valence-electron chi connectivity index (χ3n) is 6.54. The highest BCUT2D eigenvalue weighted by molar-refractivity contribution is 8.18. The summed E-state index contributed by atoms with van der Waals surface area (Å²) in [4.78, 5) is 52.6. The fourth-order valence-electron chi connectivity index (χ4n) is 4.54. The number of thioether (sulfide) groups is 1. The summed E-state index contributed by atoms with van der Waals surface area (Å²) in [6, 6.07) is 23.9. The molecule has 0 aliphatic carbocycles. The Bertz CT molecular complexity index is 1470. The lowest BCUT2D eigenvalue weighted by atomic mass is 10.1. The van der Waals surface area contributed by atoms with Crippen LogP contribution in [0.5, 0.6) is 11.5 Å². The largest absolute Gasteiger partial charge is 0.485 e. The number of nitrogens with zero attached hydrogens (tertiary/aromatic N) is 2. The zero-order valence-corrected chi connectivity index (χ0v) is 24.9. The van der Waals surface area contributed by atoms with E-state index >= 15 is 0 Å². The first-order chi connectivity index (χ1) is 20.8. The number of benzene rings is 3. The van der Waals surface area contributed by atoms with E-state index in [0.717, 1.165) is 18.4 Å². The van der Waals surface area contributed by atoms with Crippen molar-refractivity contribution < 1.29 is 33.8 Å². The Kier molecular flexibility index (Phi) is 11.0. The predicted molar refractivity (Wildman–Crippen MR) is 165 cm³/mol. The summed E-state index contributed by atoms with van der Waals surface area (Å²) in [6.45, 7) is 4.75. The minimum Gasteiger partial charge on any atom is -0.485 e. The van der Waals surface area contributed by atoms with Crippen LogP contribution < -0.4 is 9.47 Å². The van der Waals surface area contributed by atoms with Crippen molar-refractivity contribution >= 4 is 40.9 Å². The quantitative estimate of drug-likeness (QED) is 0.219. The van der Waals surface area contributed by atoms with Crippen LogP contribution in [-0.4, -0.2) is 57.6 Å². The maximum absolute atomic E-state index is 13.9. The molecule has 0 radical (unpaired) electrons. The lowest BCUT2D eigenvalue weighted by Crippen LogP contribution is -2.38. The smallest absolute Gasteiger partial charge is 0.323 e. The molecule has 0 aromatic heterocycles. The molecule has 1 saturated heterocycles. The van der Waals surface area contributed by atoms with Gasteiger partial charge in [-0.1, -0.05) is 80.6 Å². The number of ether oxygens (including phenoxy) is 2. The van der Waals surface area contributed by atoms with Crippen molar-refractivity contribution in [3.63, 3.8) is 0 Å². The number of carboxylic acids is 1. The summed E-state index contributed by atoms with van der Waals surface area (Å²) >= 11 is 0.669. The van der Waals surface area contributed by atoms with Crippen molar-refractivity contribution in [1.29, 1.82) is 0 Å². The number of rotatable bonds is 14. The molecule has 0 spiro atoms. The fraction of sp³-hybridized carbons (Fsp3) is 0.273. The molecule has 1 unspecified atom stereocenters. The fourth-order valence-corrected chi connectivity index (χ4v) is 5.38. The second kappa shape index (κ2) is 15.1. The van der Waals surface area contributed by atoms with E-state index in [-0.39, 0.29) is 23.2 Å². The van der Waals surface area contributed by atoms with E-state index in [4.69, 9.17) is 14.6 Å². The summed E-state index contributed by atoms with van der Waals surface area (Å²) < 4.78 is 12.6. The lowest BCUT2D eigenvalue weighted by molar-refractivity contribution is -0.140. The van der Waals surface area contributed by atoms with Gasteiger partial charge in [0.15, 0.2) is 11.5 Å². The molecule has 224 valence electrons. The van der Waals surface area contributed by atoms with Crippen LogP contribution in [-0.2, 0) is 21.0 Å². The molecular weight excluding hydrogens is 568 g/mol. The van der Waals surface area contributed by atoms with Gasteiger partial charge in [-0.2, -0.15) is 0 Å². The van der Waals surface area contributed by atoms with Crippen molar-refractivity contribution in [1.82, 2.24) is 9.80 Å². The highest BCUT2D eigenvalue weighted by atomic mass is 32.2. The number of carbonyl (C=O) groups excluding carboxylic acids is 3. The topological polar surface area (TPSA) is 113 Å². The number of carbonyl (C=O) groups is 4. The van der Waals surface area contributed by atoms with E-state index in [1.54, 1.807) is 23.1 Å². The van der Waals surface area contributed by atoms with Gasteiger partial charge in [0.25, 0.3) is 17.1 Å². The second-order valence-corrected chi connectivity index (χ2v) is 10.9. The highest BCUT2D eigenvalue weighted by Crippen LogP contribution is 2.37. The first-order valence-electron chi connectivity index (χ1n) is 14.1. The number of amides is 3. The number of hydrogen-bond donors (Lipinski definition) is 1. The van der Waals surface area contributed by atoms with E-state index in [9.17, 15) is 19.2 Å². The zero-order chi connectivity index (χ0) is 30.8. The molecule has 1 heterocycles. The second-order valence-electron chi connectivity index (χ2n) is 9.88. The molecular formula is C33H34N2O7S. The SMILES string of the molecule is CCCN(CCC)C(=O)C(Oc1cc(/C=C2\SC(=O)N(CC(=O)O)C2=O)ccc1OCc1ccccc1)c1ccccc1. The van der Waals surface area contributed by atoms with Crippen LogP contribution in [0.2, 0.25) is 0 Å². The van der Waals surface area contributed by atoms with Gasteiger partial charge in [-0.25, -0.2) is 0 Å². The third kappa shape index (κ3) is 8.26. The maximum Gasteiger partial charge on any atom is 0.323 e. The van der Waals surface area contributed by atoms with Crippen LogP contribution in [0.3, 0.4) is 0 Å². The van der Waals surface area contributed by atoms with Gasteiger partial charge in [0.1, 0.15) is 13.2 Å². The first-order valence-corrected chi connectivity index (χ1v) is 14.9. The Hall–Kier alpha value is -4.57. The van der Waals surface area contributed by atoms with Crippen LogP contribution in [0, 0.1) is 0 Å². The summed E-state index contributed by atoms with van der Waals surface area (Å²) in [5.74, 6) is -1.47. The summed E-state index contributed by atoms with van der Waals surface area (Å²) in [6.07, 6.45) is 2.13. The van der Waals surface area contributed by atoms with Gasteiger partial charge in [-0.05, 0) is 53.9 Å². The normalized spacial score (nSPS) is 14.6. The highest BCUT2D eigenvalue weighted by Gasteiger charge is 2.36.